The van der Waals surface area contributed by atoms with Crippen molar-refractivity contribution in [3.8, 4) is 5.75 Å². The fourth-order valence-corrected chi connectivity index (χ4v) is 3.99. The fourth-order valence-electron chi connectivity index (χ4n) is 3.88. The number of rotatable bonds is 5. The van der Waals surface area contributed by atoms with Gasteiger partial charge in [-0.1, -0.05) is 11.6 Å². The maximum absolute atomic E-state index is 12.6. The molecule has 0 aromatic heterocycles. The number of likely N-dealkylation sites (tertiary alicyclic amines) is 2. The summed E-state index contributed by atoms with van der Waals surface area (Å²) in [5.74, 6) is 0.821. The summed E-state index contributed by atoms with van der Waals surface area (Å²) in [4.78, 5) is 16.6. The van der Waals surface area contributed by atoms with E-state index in [0.29, 0.717) is 31.8 Å². The number of carbonyl (C=O) groups is 1. The SMILES string of the molecule is Cc1cc(OCC2(O)CCCN(C(=O)CN3CCCC3)C2)cc(C)c1Cl. The predicted octanol–water partition coefficient (Wildman–Crippen LogP) is 2.78. The first-order chi connectivity index (χ1) is 12.4. The summed E-state index contributed by atoms with van der Waals surface area (Å²) in [6.45, 7) is 7.59. The Labute approximate surface area is 160 Å². The molecule has 2 aliphatic heterocycles. The molecule has 2 saturated heterocycles. The number of hydrogen-bond donors (Lipinski definition) is 1. The van der Waals surface area contributed by atoms with Crippen LogP contribution >= 0.6 is 11.6 Å². The maximum Gasteiger partial charge on any atom is 0.236 e. The summed E-state index contributed by atoms with van der Waals surface area (Å²) in [6.07, 6.45) is 3.78. The van der Waals surface area contributed by atoms with E-state index in [1.54, 1.807) is 4.90 Å². The van der Waals surface area contributed by atoms with Crippen molar-refractivity contribution in [1.82, 2.24) is 9.80 Å². The molecule has 26 heavy (non-hydrogen) atoms. The van der Waals surface area contributed by atoms with Crippen molar-refractivity contribution in [2.24, 2.45) is 0 Å². The molecule has 0 saturated carbocycles. The van der Waals surface area contributed by atoms with Gasteiger partial charge < -0.3 is 14.7 Å². The number of carbonyl (C=O) groups excluding carboxylic acids is 1. The zero-order chi connectivity index (χ0) is 18.7. The predicted molar refractivity (Wildman–Crippen MR) is 103 cm³/mol. The Morgan fingerprint density at radius 1 is 1.19 bits per heavy atom. The molecule has 1 atom stereocenters. The Morgan fingerprint density at radius 2 is 1.85 bits per heavy atom. The van der Waals surface area contributed by atoms with E-state index in [1.807, 2.05) is 26.0 Å². The van der Waals surface area contributed by atoms with E-state index >= 15 is 0 Å². The van der Waals surface area contributed by atoms with Gasteiger partial charge in [-0.2, -0.15) is 0 Å². The van der Waals surface area contributed by atoms with Crippen molar-refractivity contribution < 1.29 is 14.6 Å². The van der Waals surface area contributed by atoms with Crippen LogP contribution in [0.4, 0.5) is 0 Å². The Kier molecular flexibility index (Phi) is 6.10. The normalized spacial score (nSPS) is 24.1. The van der Waals surface area contributed by atoms with Gasteiger partial charge >= 0.3 is 0 Å². The van der Waals surface area contributed by atoms with Crippen LogP contribution in [-0.2, 0) is 4.79 Å². The smallest absolute Gasteiger partial charge is 0.236 e. The zero-order valence-electron chi connectivity index (χ0n) is 15.8. The third-order valence-corrected chi connectivity index (χ3v) is 5.98. The van der Waals surface area contributed by atoms with E-state index in [0.717, 1.165) is 35.7 Å². The Bertz CT molecular complexity index is 637. The highest BCUT2D eigenvalue weighted by Crippen LogP contribution is 2.28. The molecule has 0 aliphatic carbocycles. The number of benzene rings is 1. The van der Waals surface area contributed by atoms with Gasteiger partial charge in [0.05, 0.1) is 13.1 Å². The van der Waals surface area contributed by atoms with Crippen molar-refractivity contribution >= 4 is 17.5 Å². The molecule has 1 aromatic carbocycles. The summed E-state index contributed by atoms with van der Waals surface area (Å²) < 4.78 is 5.87. The fraction of sp³-hybridized carbons (Fsp3) is 0.650. The summed E-state index contributed by atoms with van der Waals surface area (Å²) in [5.41, 5.74) is 0.917. The first-order valence-electron chi connectivity index (χ1n) is 9.48. The minimum atomic E-state index is -1.000. The Morgan fingerprint density at radius 3 is 2.50 bits per heavy atom. The molecule has 1 amide bonds. The van der Waals surface area contributed by atoms with Crippen molar-refractivity contribution in [3.63, 3.8) is 0 Å². The van der Waals surface area contributed by atoms with E-state index in [1.165, 1.54) is 12.8 Å². The van der Waals surface area contributed by atoms with Crippen LogP contribution in [0.5, 0.6) is 5.75 Å². The monoisotopic (exact) mass is 380 g/mol. The molecule has 2 aliphatic rings. The molecular weight excluding hydrogens is 352 g/mol. The van der Waals surface area contributed by atoms with Gasteiger partial charge in [-0.3, -0.25) is 9.69 Å². The standard InChI is InChI=1S/C20H29ClN2O3/c1-15-10-17(11-16(2)19(15)21)26-14-20(25)6-5-9-23(13-20)18(24)12-22-7-3-4-8-22/h10-11,25H,3-9,12-14H2,1-2H3. The lowest BCUT2D eigenvalue weighted by molar-refractivity contribution is -0.141. The van der Waals surface area contributed by atoms with E-state index in [2.05, 4.69) is 4.90 Å². The Hall–Kier alpha value is -1.30. The van der Waals surface area contributed by atoms with Gasteiger partial charge in [-0.05, 0) is 75.9 Å². The lowest BCUT2D eigenvalue weighted by Crippen LogP contribution is -2.54. The lowest BCUT2D eigenvalue weighted by Gasteiger charge is -2.39. The van der Waals surface area contributed by atoms with Gasteiger partial charge in [-0.15, -0.1) is 0 Å². The first kappa shape index (κ1) is 19.5. The topological polar surface area (TPSA) is 53.0 Å². The second kappa shape index (κ2) is 8.15. The molecule has 0 radical (unpaired) electrons. The molecule has 144 valence electrons. The minimum Gasteiger partial charge on any atom is -0.491 e. The third-order valence-electron chi connectivity index (χ3n) is 5.38. The molecule has 1 aromatic rings. The number of nitrogens with zero attached hydrogens (tertiary/aromatic N) is 2. The molecular formula is C20H29ClN2O3. The Balaban J connectivity index is 1.57. The van der Waals surface area contributed by atoms with Gasteiger partial charge in [0.25, 0.3) is 0 Å². The van der Waals surface area contributed by atoms with Crippen LogP contribution in [0.2, 0.25) is 5.02 Å². The van der Waals surface area contributed by atoms with E-state index in [4.69, 9.17) is 16.3 Å². The van der Waals surface area contributed by atoms with Crippen molar-refractivity contribution in [2.45, 2.75) is 45.1 Å². The number of β-amino-alcohol motifs (C(OH)–C–C–N with tert-alkyl or cyclic N) is 1. The van der Waals surface area contributed by atoms with Gasteiger partial charge in [0.1, 0.15) is 18.0 Å². The van der Waals surface area contributed by atoms with E-state index in [9.17, 15) is 9.90 Å². The number of halogens is 1. The third kappa shape index (κ3) is 4.70. The molecule has 6 heteroatoms. The summed E-state index contributed by atoms with van der Waals surface area (Å²) in [5, 5.41) is 11.7. The van der Waals surface area contributed by atoms with Crippen LogP contribution in [0.3, 0.4) is 0 Å². The highest BCUT2D eigenvalue weighted by atomic mass is 35.5. The largest absolute Gasteiger partial charge is 0.491 e. The lowest BCUT2D eigenvalue weighted by atomic mass is 9.93. The van der Waals surface area contributed by atoms with Gasteiger partial charge in [-0.25, -0.2) is 0 Å². The van der Waals surface area contributed by atoms with Crippen LogP contribution in [0.1, 0.15) is 36.8 Å². The molecule has 5 nitrogen and oxygen atoms in total. The number of piperidine rings is 1. The highest BCUT2D eigenvalue weighted by molar-refractivity contribution is 6.32. The summed E-state index contributed by atoms with van der Waals surface area (Å²) in [6, 6.07) is 3.77. The van der Waals surface area contributed by atoms with Crippen LogP contribution in [-0.4, -0.2) is 65.7 Å². The van der Waals surface area contributed by atoms with E-state index < -0.39 is 5.60 Å². The number of ether oxygens (including phenoxy) is 1. The molecule has 1 unspecified atom stereocenters. The quantitative estimate of drug-likeness (QED) is 0.853. The van der Waals surface area contributed by atoms with Crippen LogP contribution in [0.15, 0.2) is 12.1 Å². The van der Waals surface area contributed by atoms with E-state index in [-0.39, 0.29) is 12.5 Å². The summed E-state index contributed by atoms with van der Waals surface area (Å²) >= 11 is 6.20. The molecule has 0 spiro atoms. The molecule has 2 fully saturated rings. The number of hydrogen-bond acceptors (Lipinski definition) is 4. The number of aliphatic hydroxyl groups is 1. The van der Waals surface area contributed by atoms with Gasteiger partial charge in [0.15, 0.2) is 0 Å². The van der Waals surface area contributed by atoms with Gasteiger partial charge in [0.2, 0.25) is 5.91 Å². The first-order valence-corrected chi connectivity index (χ1v) is 9.86. The summed E-state index contributed by atoms with van der Waals surface area (Å²) in [7, 11) is 0. The molecule has 3 rings (SSSR count). The second-order valence-corrected chi connectivity index (χ2v) is 8.16. The van der Waals surface area contributed by atoms with Crippen LogP contribution in [0.25, 0.3) is 0 Å². The second-order valence-electron chi connectivity index (χ2n) is 7.79. The van der Waals surface area contributed by atoms with Crippen molar-refractivity contribution in [2.75, 3.05) is 39.3 Å². The average Bonchev–Trinajstić information content (AvgIpc) is 3.11. The van der Waals surface area contributed by atoms with Gasteiger partial charge in [0, 0.05) is 11.6 Å². The molecule has 2 heterocycles. The highest BCUT2D eigenvalue weighted by Gasteiger charge is 2.36. The molecule has 0 bridgehead atoms. The van der Waals surface area contributed by atoms with Crippen molar-refractivity contribution in [3.05, 3.63) is 28.3 Å². The van der Waals surface area contributed by atoms with Crippen LogP contribution in [0, 0.1) is 13.8 Å². The van der Waals surface area contributed by atoms with Crippen molar-refractivity contribution in [1.29, 1.82) is 0 Å². The maximum atomic E-state index is 12.6. The minimum absolute atomic E-state index is 0.114. The number of amides is 1. The van der Waals surface area contributed by atoms with Crippen LogP contribution < -0.4 is 4.74 Å². The average molecular weight is 381 g/mol. The zero-order valence-corrected chi connectivity index (χ0v) is 16.5. The number of aryl methyl sites for hydroxylation is 2. The molecule has 1 N–H and O–H groups in total.